The van der Waals surface area contributed by atoms with Gasteiger partial charge >= 0.3 is 0 Å². The van der Waals surface area contributed by atoms with Crippen molar-refractivity contribution in [3.63, 3.8) is 0 Å². The Hall–Kier alpha value is -1.94. The minimum Gasteiger partial charge on any atom is -0.481 e. The van der Waals surface area contributed by atoms with E-state index in [4.69, 9.17) is 4.74 Å². The molecule has 4 heteroatoms. The van der Waals surface area contributed by atoms with Crippen molar-refractivity contribution in [3.05, 3.63) is 53.5 Å². The van der Waals surface area contributed by atoms with E-state index in [0.29, 0.717) is 5.88 Å². The average molecular weight is 271 g/mol. The standard InChI is InChI=1S/C16H21N3O/c1-4-12-6-8-13(9-7-12)16(17-5-2)14-10-15(20-3)19-11-18-14/h6-11,16-17H,4-5H2,1-3H3. The molecule has 1 aromatic heterocycles. The fourth-order valence-corrected chi connectivity index (χ4v) is 2.17. The lowest BCUT2D eigenvalue weighted by molar-refractivity contribution is 0.395. The third kappa shape index (κ3) is 3.33. The van der Waals surface area contributed by atoms with E-state index in [1.165, 1.54) is 11.1 Å². The monoisotopic (exact) mass is 271 g/mol. The molecule has 0 aliphatic rings. The third-order valence-electron chi connectivity index (χ3n) is 3.30. The van der Waals surface area contributed by atoms with Crippen molar-refractivity contribution >= 4 is 0 Å². The second kappa shape index (κ2) is 7.01. The lowest BCUT2D eigenvalue weighted by Crippen LogP contribution is -2.23. The zero-order valence-corrected chi connectivity index (χ0v) is 12.3. The first-order valence-corrected chi connectivity index (χ1v) is 6.96. The van der Waals surface area contributed by atoms with Crippen molar-refractivity contribution in [1.29, 1.82) is 0 Å². The van der Waals surface area contributed by atoms with Crippen LogP contribution in [0.5, 0.6) is 5.88 Å². The van der Waals surface area contributed by atoms with Crippen LogP contribution in [0.3, 0.4) is 0 Å². The predicted octanol–water partition coefficient (Wildman–Crippen LogP) is 2.75. The Labute approximate surface area is 120 Å². The minimum atomic E-state index is 0.0582. The van der Waals surface area contributed by atoms with Crippen molar-refractivity contribution in [2.45, 2.75) is 26.3 Å². The topological polar surface area (TPSA) is 47.0 Å². The maximum absolute atomic E-state index is 5.18. The van der Waals surface area contributed by atoms with E-state index in [-0.39, 0.29) is 6.04 Å². The minimum absolute atomic E-state index is 0.0582. The fourth-order valence-electron chi connectivity index (χ4n) is 2.17. The van der Waals surface area contributed by atoms with Crippen molar-refractivity contribution in [2.75, 3.05) is 13.7 Å². The van der Waals surface area contributed by atoms with Gasteiger partial charge in [0, 0.05) is 6.07 Å². The number of aryl methyl sites for hydroxylation is 1. The van der Waals surface area contributed by atoms with Crippen LogP contribution in [-0.4, -0.2) is 23.6 Å². The maximum Gasteiger partial charge on any atom is 0.216 e. The van der Waals surface area contributed by atoms with E-state index in [1.54, 1.807) is 13.4 Å². The van der Waals surface area contributed by atoms with Gasteiger partial charge in [-0.1, -0.05) is 38.1 Å². The summed E-state index contributed by atoms with van der Waals surface area (Å²) in [4.78, 5) is 8.43. The molecule has 0 radical (unpaired) electrons. The molecule has 0 aliphatic carbocycles. The maximum atomic E-state index is 5.18. The Morgan fingerprint density at radius 1 is 1.15 bits per heavy atom. The lowest BCUT2D eigenvalue weighted by atomic mass is 10.0. The van der Waals surface area contributed by atoms with E-state index in [2.05, 4.69) is 53.4 Å². The van der Waals surface area contributed by atoms with Gasteiger partial charge in [0.2, 0.25) is 5.88 Å². The van der Waals surface area contributed by atoms with Gasteiger partial charge in [-0.05, 0) is 24.1 Å². The molecule has 20 heavy (non-hydrogen) atoms. The molecule has 1 atom stereocenters. The van der Waals surface area contributed by atoms with Crippen molar-refractivity contribution in [1.82, 2.24) is 15.3 Å². The van der Waals surface area contributed by atoms with Crippen LogP contribution >= 0.6 is 0 Å². The molecular formula is C16H21N3O. The Balaban J connectivity index is 2.33. The largest absolute Gasteiger partial charge is 0.481 e. The number of hydrogen-bond acceptors (Lipinski definition) is 4. The second-order valence-corrected chi connectivity index (χ2v) is 4.57. The summed E-state index contributed by atoms with van der Waals surface area (Å²) in [5.41, 5.74) is 3.46. The number of nitrogens with zero attached hydrogens (tertiary/aromatic N) is 2. The lowest BCUT2D eigenvalue weighted by Gasteiger charge is -2.18. The molecule has 0 fully saturated rings. The zero-order valence-electron chi connectivity index (χ0n) is 12.3. The van der Waals surface area contributed by atoms with Crippen molar-refractivity contribution in [2.24, 2.45) is 0 Å². The van der Waals surface area contributed by atoms with Crippen LogP contribution in [0.4, 0.5) is 0 Å². The molecule has 0 amide bonds. The van der Waals surface area contributed by atoms with Crippen molar-refractivity contribution in [3.8, 4) is 5.88 Å². The van der Waals surface area contributed by atoms with Gasteiger partial charge in [0.05, 0.1) is 18.8 Å². The first-order chi connectivity index (χ1) is 9.78. The SMILES string of the molecule is CCNC(c1ccc(CC)cc1)c1cc(OC)ncn1. The number of ether oxygens (including phenoxy) is 1. The zero-order chi connectivity index (χ0) is 14.4. The molecule has 0 aliphatic heterocycles. The van der Waals surface area contributed by atoms with E-state index >= 15 is 0 Å². The summed E-state index contributed by atoms with van der Waals surface area (Å²) >= 11 is 0. The van der Waals surface area contributed by atoms with Crippen LogP contribution in [0.15, 0.2) is 36.7 Å². The highest BCUT2D eigenvalue weighted by molar-refractivity contribution is 5.31. The van der Waals surface area contributed by atoms with Crippen molar-refractivity contribution < 1.29 is 4.74 Å². The molecular weight excluding hydrogens is 250 g/mol. The molecule has 106 valence electrons. The van der Waals surface area contributed by atoms with Gasteiger partial charge in [-0.15, -0.1) is 0 Å². The summed E-state index contributed by atoms with van der Waals surface area (Å²) in [6.07, 6.45) is 2.59. The molecule has 1 heterocycles. The number of methoxy groups -OCH3 is 1. The van der Waals surface area contributed by atoms with Crippen LogP contribution in [0.25, 0.3) is 0 Å². The quantitative estimate of drug-likeness (QED) is 0.877. The fraction of sp³-hybridized carbons (Fsp3) is 0.375. The van der Waals surface area contributed by atoms with Gasteiger partial charge in [-0.2, -0.15) is 0 Å². The number of rotatable bonds is 6. The second-order valence-electron chi connectivity index (χ2n) is 4.57. The summed E-state index contributed by atoms with van der Waals surface area (Å²) in [6.45, 7) is 5.12. The van der Waals surface area contributed by atoms with E-state index in [0.717, 1.165) is 18.7 Å². The molecule has 1 N–H and O–H groups in total. The molecule has 0 bridgehead atoms. The Kier molecular flexibility index (Phi) is 5.07. The molecule has 2 rings (SSSR count). The Morgan fingerprint density at radius 3 is 2.50 bits per heavy atom. The normalized spacial score (nSPS) is 12.2. The predicted molar refractivity (Wildman–Crippen MR) is 79.9 cm³/mol. The smallest absolute Gasteiger partial charge is 0.216 e. The van der Waals surface area contributed by atoms with Gasteiger partial charge < -0.3 is 10.1 Å². The van der Waals surface area contributed by atoms with Crippen LogP contribution in [0.1, 0.15) is 36.7 Å². The molecule has 0 saturated heterocycles. The van der Waals surface area contributed by atoms with Crippen LogP contribution < -0.4 is 10.1 Å². The summed E-state index contributed by atoms with van der Waals surface area (Å²) in [5.74, 6) is 0.586. The molecule has 0 saturated carbocycles. The Morgan fingerprint density at radius 2 is 1.90 bits per heavy atom. The summed E-state index contributed by atoms with van der Waals surface area (Å²) < 4.78 is 5.18. The third-order valence-corrected chi connectivity index (χ3v) is 3.30. The first kappa shape index (κ1) is 14.5. The average Bonchev–Trinajstić information content (AvgIpc) is 2.53. The van der Waals surface area contributed by atoms with Crippen LogP contribution in [0, 0.1) is 0 Å². The summed E-state index contributed by atoms with van der Waals surface area (Å²) in [7, 11) is 1.62. The van der Waals surface area contributed by atoms with E-state index in [9.17, 15) is 0 Å². The van der Waals surface area contributed by atoms with Gasteiger partial charge in [-0.3, -0.25) is 0 Å². The van der Waals surface area contributed by atoms with Gasteiger partial charge in [0.1, 0.15) is 6.33 Å². The summed E-state index contributed by atoms with van der Waals surface area (Å²) in [6, 6.07) is 10.6. The van der Waals surface area contributed by atoms with Crippen LogP contribution in [0.2, 0.25) is 0 Å². The molecule has 1 aromatic carbocycles. The number of nitrogens with one attached hydrogen (secondary N) is 1. The Bertz CT molecular complexity index is 540. The van der Waals surface area contributed by atoms with E-state index < -0.39 is 0 Å². The molecule has 0 spiro atoms. The number of hydrogen-bond donors (Lipinski definition) is 1. The highest BCUT2D eigenvalue weighted by Gasteiger charge is 2.15. The summed E-state index contributed by atoms with van der Waals surface area (Å²) in [5, 5.41) is 3.46. The number of benzene rings is 1. The molecule has 4 nitrogen and oxygen atoms in total. The van der Waals surface area contributed by atoms with Gasteiger partial charge in [0.25, 0.3) is 0 Å². The highest BCUT2D eigenvalue weighted by Crippen LogP contribution is 2.22. The highest BCUT2D eigenvalue weighted by atomic mass is 16.5. The van der Waals surface area contributed by atoms with Crippen LogP contribution in [-0.2, 0) is 6.42 Å². The number of aromatic nitrogens is 2. The molecule has 1 unspecified atom stereocenters. The van der Waals surface area contributed by atoms with Gasteiger partial charge in [-0.25, -0.2) is 9.97 Å². The van der Waals surface area contributed by atoms with Gasteiger partial charge in [0.15, 0.2) is 0 Å². The first-order valence-electron chi connectivity index (χ1n) is 6.96. The molecule has 2 aromatic rings. The van der Waals surface area contributed by atoms with E-state index in [1.807, 2.05) is 6.07 Å².